The molecule has 1 aliphatic rings. The number of benzene rings is 1. The van der Waals surface area contributed by atoms with Crippen LogP contribution in [0.3, 0.4) is 0 Å². The van der Waals surface area contributed by atoms with Crippen molar-refractivity contribution in [2.75, 3.05) is 31.5 Å². The van der Waals surface area contributed by atoms with Gasteiger partial charge in [0.15, 0.2) is 0 Å². The maximum atomic E-state index is 13.0. The molecule has 2 amide bonds. The summed E-state index contributed by atoms with van der Waals surface area (Å²) in [5, 5.41) is 8.91. The minimum Gasteiger partial charge on any atom is -0.358 e. The van der Waals surface area contributed by atoms with Crippen molar-refractivity contribution in [3.05, 3.63) is 76.2 Å². The van der Waals surface area contributed by atoms with E-state index in [2.05, 4.69) is 39.3 Å². The van der Waals surface area contributed by atoms with Crippen molar-refractivity contribution in [3.8, 4) is 21.8 Å². The number of carbonyl (C=O) groups excluding carboxylic acids is 2. The molecule has 1 aromatic carbocycles. The average molecular weight is 541 g/mol. The Bertz CT molecular complexity index is 1550. The van der Waals surface area contributed by atoms with E-state index in [9.17, 15) is 9.59 Å². The summed E-state index contributed by atoms with van der Waals surface area (Å²) in [5.74, 6) is -0.280. The van der Waals surface area contributed by atoms with Crippen LogP contribution in [0.1, 0.15) is 46.7 Å². The number of rotatable bonds is 9. The maximum absolute atomic E-state index is 13.0. The molecule has 9 heteroatoms. The lowest BCUT2D eigenvalue weighted by molar-refractivity contribution is -0.110. The molecule has 5 rings (SSSR count). The van der Waals surface area contributed by atoms with Gasteiger partial charge in [-0.3, -0.25) is 14.6 Å². The molecule has 39 heavy (non-hydrogen) atoms. The lowest BCUT2D eigenvalue weighted by atomic mass is 10.0. The Morgan fingerprint density at radius 1 is 1.15 bits per heavy atom. The monoisotopic (exact) mass is 540 g/mol. The van der Waals surface area contributed by atoms with Crippen LogP contribution in [-0.2, 0) is 4.79 Å². The summed E-state index contributed by atoms with van der Waals surface area (Å²) in [5.41, 5.74) is 7.82. The van der Waals surface area contributed by atoms with Crippen LogP contribution < -0.4 is 10.6 Å². The number of fused-ring (bicyclic) bond motifs is 1. The number of aromatic amines is 1. The van der Waals surface area contributed by atoms with Gasteiger partial charge in [0.1, 0.15) is 5.01 Å². The molecule has 0 unspecified atom stereocenters. The Labute approximate surface area is 232 Å². The Hall–Kier alpha value is -4.08. The highest BCUT2D eigenvalue weighted by Crippen LogP contribution is 2.38. The van der Waals surface area contributed by atoms with Crippen molar-refractivity contribution in [1.82, 2.24) is 25.2 Å². The number of thiazole rings is 1. The van der Waals surface area contributed by atoms with Crippen molar-refractivity contribution in [2.24, 2.45) is 0 Å². The predicted molar refractivity (Wildman–Crippen MR) is 158 cm³/mol. The molecule has 0 aliphatic carbocycles. The van der Waals surface area contributed by atoms with Gasteiger partial charge in [0.2, 0.25) is 0 Å². The summed E-state index contributed by atoms with van der Waals surface area (Å²) in [4.78, 5) is 40.5. The van der Waals surface area contributed by atoms with Gasteiger partial charge in [-0.25, -0.2) is 4.98 Å². The standard InChI is InChI=1S/C30H32N6O2S/c1-5-36(6-2)13-12-32-29(38)27-18(3)25(33-19(27)4)15-23-22-14-20(9-10-24(22)34-28(23)37)26-17-39-30(35-26)21-8-7-11-31-16-21/h7-11,14-17,33H,5-6,12-13H2,1-4H3,(H,32,38)(H,34,37). The number of nitrogens with zero attached hydrogens (tertiary/aromatic N) is 3. The zero-order valence-electron chi connectivity index (χ0n) is 22.6. The molecule has 3 aromatic heterocycles. The highest BCUT2D eigenvalue weighted by atomic mass is 32.1. The van der Waals surface area contributed by atoms with E-state index in [0.29, 0.717) is 17.7 Å². The molecule has 3 N–H and O–H groups in total. The molecule has 0 spiro atoms. The molecule has 0 saturated carbocycles. The molecule has 8 nitrogen and oxygen atoms in total. The van der Waals surface area contributed by atoms with Crippen molar-refractivity contribution in [3.63, 3.8) is 0 Å². The molecule has 0 radical (unpaired) electrons. The first-order valence-corrected chi connectivity index (χ1v) is 14.0. The second-order valence-corrected chi connectivity index (χ2v) is 10.4. The maximum Gasteiger partial charge on any atom is 0.256 e. The van der Waals surface area contributed by atoms with Crippen LogP contribution in [0.2, 0.25) is 0 Å². The predicted octanol–water partition coefficient (Wildman–Crippen LogP) is 5.38. The van der Waals surface area contributed by atoms with Gasteiger partial charge in [-0.15, -0.1) is 11.3 Å². The normalized spacial score (nSPS) is 13.7. The van der Waals surface area contributed by atoms with Crippen molar-refractivity contribution >= 4 is 40.5 Å². The number of amides is 2. The van der Waals surface area contributed by atoms with E-state index in [1.54, 1.807) is 23.7 Å². The first-order valence-electron chi connectivity index (χ1n) is 13.1. The molecular formula is C30H32N6O2S. The van der Waals surface area contributed by atoms with E-state index in [4.69, 9.17) is 4.98 Å². The number of aromatic nitrogens is 3. The SMILES string of the molecule is CCN(CC)CCNC(=O)c1c(C)[nH]c(C=C2C(=O)Nc3ccc(-c4csc(-c5cccnc5)n4)cc32)c1C. The summed E-state index contributed by atoms with van der Waals surface area (Å²) >= 11 is 1.56. The number of nitrogens with one attached hydrogen (secondary N) is 3. The molecule has 0 atom stereocenters. The van der Waals surface area contributed by atoms with Crippen LogP contribution >= 0.6 is 11.3 Å². The molecule has 4 aromatic rings. The minimum atomic E-state index is -0.173. The van der Waals surface area contributed by atoms with Gasteiger partial charge in [-0.2, -0.15) is 0 Å². The number of hydrogen-bond donors (Lipinski definition) is 3. The zero-order valence-corrected chi connectivity index (χ0v) is 23.4. The molecule has 0 fully saturated rings. The van der Waals surface area contributed by atoms with Crippen LogP contribution in [0.4, 0.5) is 5.69 Å². The molecule has 0 saturated heterocycles. The molecular weight excluding hydrogens is 508 g/mol. The highest BCUT2D eigenvalue weighted by molar-refractivity contribution is 7.13. The Morgan fingerprint density at radius 2 is 1.97 bits per heavy atom. The number of H-pyrrole nitrogens is 1. The third-order valence-corrected chi connectivity index (χ3v) is 8.00. The fraction of sp³-hybridized carbons (Fsp3) is 0.267. The van der Waals surface area contributed by atoms with Crippen LogP contribution in [0.25, 0.3) is 33.5 Å². The van der Waals surface area contributed by atoms with Gasteiger partial charge in [0, 0.05) is 64.6 Å². The van der Waals surface area contributed by atoms with E-state index >= 15 is 0 Å². The van der Waals surface area contributed by atoms with Gasteiger partial charge in [-0.05, 0) is 62.8 Å². The fourth-order valence-electron chi connectivity index (χ4n) is 4.88. The van der Waals surface area contributed by atoms with Gasteiger partial charge < -0.3 is 20.5 Å². The quantitative estimate of drug-likeness (QED) is 0.247. The summed E-state index contributed by atoms with van der Waals surface area (Å²) in [7, 11) is 0. The number of pyridine rings is 1. The Balaban J connectivity index is 1.41. The number of carbonyl (C=O) groups is 2. The van der Waals surface area contributed by atoms with Crippen LogP contribution in [0.15, 0.2) is 48.1 Å². The lowest BCUT2D eigenvalue weighted by Gasteiger charge is -2.18. The molecule has 0 bridgehead atoms. The van der Waals surface area contributed by atoms with Gasteiger partial charge >= 0.3 is 0 Å². The van der Waals surface area contributed by atoms with E-state index in [1.165, 1.54) is 0 Å². The molecule has 1 aliphatic heterocycles. The third-order valence-electron chi connectivity index (χ3n) is 7.11. The van der Waals surface area contributed by atoms with Crippen molar-refractivity contribution in [1.29, 1.82) is 0 Å². The number of anilines is 1. The van der Waals surface area contributed by atoms with Gasteiger partial charge in [-0.1, -0.05) is 19.9 Å². The summed E-state index contributed by atoms with van der Waals surface area (Å²) in [6.45, 7) is 11.3. The minimum absolute atomic E-state index is 0.107. The van der Waals surface area contributed by atoms with Crippen molar-refractivity contribution < 1.29 is 9.59 Å². The first-order chi connectivity index (χ1) is 18.9. The second kappa shape index (κ2) is 11.3. The summed E-state index contributed by atoms with van der Waals surface area (Å²) in [6, 6.07) is 9.75. The van der Waals surface area contributed by atoms with Crippen LogP contribution in [0.5, 0.6) is 0 Å². The third kappa shape index (κ3) is 5.41. The number of aryl methyl sites for hydroxylation is 1. The smallest absolute Gasteiger partial charge is 0.256 e. The van der Waals surface area contributed by atoms with E-state index < -0.39 is 0 Å². The topological polar surface area (TPSA) is 103 Å². The van der Waals surface area contributed by atoms with Crippen LogP contribution in [-0.4, -0.2) is 57.8 Å². The number of hydrogen-bond acceptors (Lipinski definition) is 6. The average Bonchev–Trinajstić information content (AvgIpc) is 3.63. The molecule has 200 valence electrons. The first kappa shape index (κ1) is 26.5. The second-order valence-electron chi connectivity index (χ2n) is 9.50. The Morgan fingerprint density at radius 3 is 2.72 bits per heavy atom. The number of likely N-dealkylation sites (N-methyl/N-ethyl adjacent to an activating group) is 1. The van der Waals surface area contributed by atoms with E-state index in [-0.39, 0.29) is 11.8 Å². The van der Waals surface area contributed by atoms with Gasteiger partial charge in [0.25, 0.3) is 11.8 Å². The van der Waals surface area contributed by atoms with Crippen molar-refractivity contribution in [2.45, 2.75) is 27.7 Å². The summed E-state index contributed by atoms with van der Waals surface area (Å²) in [6.07, 6.45) is 5.38. The molecule has 4 heterocycles. The summed E-state index contributed by atoms with van der Waals surface area (Å²) < 4.78 is 0. The Kier molecular flexibility index (Phi) is 7.72. The van der Waals surface area contributed by atoms with E-state index in [0.717, 1.165) is 69.7 Å². The van der Waals surface area contributed by atoms with Gasteiger partial charge in [0.05, 0.1) is 16.8 Å². The zero-order chi connectivity index (χ0) is 27.5. The fourth-order valence-corrected chi connectivity index (χ4v) is 5.70. The largest absolute Gasteiger partial charge is 0.358 e. The lowest BCUT2D eigenvalue weighted by Crippen LogP contribution is -2.35. The van der Waals surface area contributed by atoms with E-state index in [1.807, 2.05) is 55.6 Å². The van der Waals surface area contributed by atoms with Crippen LogP contribution in [0, 0.1) is 13.8 Å². The highest BCUT2D eigenvalue weighted by Gasteiger charge is 2.26.